The molecule has 0 spiro atoms. The largest absolute Gasteiger partial charge is 0.354 e. The van der Waals surface area contributed by atoms with Crippen molar-refractivity contribution in [2.75, 3.05) is 40.3 Å². The number of fused-ring (bicyclic) bond motifs is 1. The molecule has 1 aromatic carbocycles. The summed E-state index contributed by atoms with van der Waals surface area (Å²) >= 11 is 0. The van der Waals surface area contributed by atoms with Gasteiger partial charge in [-0.1, -0.05) is 37.3 Å². The molecular formula is C24H40IN5O. The number of aliphatic imine (C=N–C) groups is 1. The van der Waals surface area contributed by atoms with Crippen molar-refractivity contribution in [1.82, 2.24) is 20.0 Å². The van der Waals surface area contributed by atoms with E-state index in [4.69, 9.17) is 4.99 Å². The molecule has 1 N–H and O–H groups in total. The summed E-state index contributed by atoms with van der Waals surface area (Å²) in [4.78, 5) is 23.5. The highest BCUT2D eigenvalue weighted by molar-refractivity contribution is 14.0. The van der Waals surface area contributed by atoms with E-state index in [1.165, 1.54) is 24.9 Å². The van der Waals surface area contributed by atoms with Gasteiger partial charge >= 0.3 is 0 Å². The average molecular weight is 542 g/mol. The van der Waals surface area contributed by atoms with Crippen molar-refractivity contribution in [3.05, 3.63) is 35.9 Å². The first-order valence-corrected chi connectivity index (χ1v) is 11.5. The maximum absolute atomic E-state index is 12.1. The number of likely N-dealkylation sites (tertiary alicyclic amines) is 2. The first-order valence-electron chi connectivity index (χ1n) is 11.5. The van der Waals surface area contributed by atoms with E-state index in [1.54, 1.807) is 19.0 Å². The lowest BCUT2D eigenvalue weighted by Gasteiger charge is -2.48. The number of nitrogens with zero attached hydrogens (tertiary/aromatic N) is 4. The van der Waals surface area contributed by atoms with Gasteiger partial charge in [-0.3, -0.25) is 9.69 Å². The van der Waals surface area contributed by atoms with Gasteiger partial charge in [0.15, 0.2) is 5.96 Å². The highest BCUT2D eigenvalue weighted by atomic mass is 127. The van der Waals surface area contributed by atoms with E-state index >= 15 is 0 Å². The zero-order valence-corrected chi connectivity index (χ0v) is 21.9. The lowest BCUT2D eigenvalue weighted by molar-refractivity contribution is -0.127. The van der Waals surface area contributed by atoms with Gasteiger partial charge in [0.25, 0.3) is 0 Å². The number of piperidine rings is 2. The maximum atomic E-state index is 12.1. The Morgan fingerprint density at radius 1 is 1.23 bits per heavy atom. The molecule has 0 saturated carbocycles. The topological polar surface area (TPSA) is 51.2 Å². The van der Waals surface area contributed by atoms with Crippen LogP contribution in [0.3, 0.4) is 0 Å². The van der Waals surface area contributed by atoms with Crippen molar-refractivity contribution in [1.29, 1.82) is 0 Å². The number of nitrogens with one attached hydrogen (secondary N) is 1. The number of guanidine groups is 1. The molecule has 1 amide bonds. The van der Waals surface area contributed by atoms with Crippen molar-refractivity contribution >= 4 is 35.8 Å². The first kappa shape index (κ1) is 25.9. The minimum Gasteiger partial charge on any atom is -0.354 e. The molecule has 6 nitrogen and oxygen atoms in total. The van der Waals surface area contributed by atoms with E-state index in [0.29, 0.717) is 18.0 Å². The van der Waals surface area contributed by atoms with E-state index < -0.39 is 0 Å². The smallest absolute Gasteiger partial charge is 0.243 e. The molecular weight excluding hydrogens is 501 g/mol. The lowest BCUT2D eigenvalue weighted by Crippen LogP contribution is -2.57. The Hall–Kier alpha value is -1.35. The molecule has 0 aliphatic carbocycles. The van der Waals surface area contributed by atoms with Gasteiger partial charge < -0.3 is 15.1 Å². The Kier molecular flexibility index (Phi) is 10.6. The summed E-state index contributed by atoms with van der Waals surface area (Å²) in [6, 6.07) is 11.8. The quantitative estimate of drug-likeness (QED) is 0.341. The van der Waals surface area contributed by atoms with Crippen molar-refractivity contribution in [3.63, 3.8) is 0 Å². The predicted molar refractivity (Wildman–Crippen MR) is 139 cm³/mol. The van der Waals surface area contributed by atoms with E-state index in [9.17, 15) is 4.79 Å². The number of likely N-dealkylation sites (N-methyl/N-ethyl adjacent to an activating group) is 1. The fourth-order valence-electron chi connectivity index (χ4n) is 4.56. The molecule has 2 fully saturated rings. The number of hydrogen-bond donors (Lipinski definition) is 1. The Labute approximate surface area is 205 Å². The monoisotopic (exact) mass is 541 g/mol. The van der Waals surface area contributed by atoms with Gasteiger partial charge in [-0.05, 0) is 50.6 Å². The minimum atomic E-state index is 0. The number of rotatable bonds is 6. The molecule has 0 radical (unpaired) electrons. The molecule has 2 saturated heterocycles. The van der Waals surface area contributed by atoms with Gasteiger partial charge in [0.2, 0.25) is 5.91 Å². The Bertz CT molecular complexity index is 711. The first-order chi connectivity index (χ1) is 14.5. The summed E-state index contributed by atoms with van der Waals surface area (Å²) in [6.07, 6.45) is 4.72. The van der Waals surface area contributed by atoms with Crippen LogP contribution >= 0.6 is 24.0 Å². The molecule has 3 rings (SSSR count). The molecule has 1 aromatic rings. The van der Waals surface area contributed by atoms with Crippen molar-refractivity contribution in [3.8, 4) is 0 Å². The van der Waals surface area contributed by atoms with Crippen LogP contribution < -0.4 is 5.32 Å². The molecule has 7 heteroatoms. The third-order valence-corrected chi connectivity index (χ3v) is 6.56. The van der Waals surface area contributed by atoms with Crippen molar-refractivity contribution in [2.45, 2.75) is 58.2 Å². The number of carbonyl (C=O) groups excluding carboxylic acids is 1. The normalized spacial score (nSPS) is 22.8. The predicted octanol–water partition coefficient (Wildman–Crippen LogP) is 3.42. The summed E-state index contributed by atoms with van der Waals surface area (Å²) in [5.74, 6) is 1.60. The van der Waals surface area contributed by atoms with Gasteiger partial charge in [0, 0.05) is 45.8 Å². The van der Waals surface area contributed by atoms with Gasteiger partial charge in [0.05, 0.1) is 0 Å². The molecule has 3 unspecified atom stereocenters. The fourth-order valence-corrected chi connectivity index (χ4v) is 4.56. The van der Waals surface area contributed by atoms with Gasteiger partial charge in [0.1, 0.15) is 6.54 Å². The molecule has 3 atom stereocenters. The number of hydrogen-bond acceptors (Lipinski definition) is 3. The third-order valence-electron chi connectivity index (χ3n) is 6.56. The van der Waals surface area contributed by atoms with Crippen LogP contribution in [0.1, 0.15) is 45.1 Å². The molecule has 2 aliphatic rings. The highest BCUT2D eigenvalue weighted by Crippen LogP contribution is 2.31. The van der Waals surface area contributed by atoms with Crippen molar-refractivity contribution < 1.29 is 4.79 Å². The average Bonchev–Trinajstić information content (AvgIpc) is 2.76. The Balaban J connectivity index is 0.00000341. The zero-order chi connectivity index (χ0) is 21.5. The third kappa shape index (κ3) is 7.34. The van der Waals surface area contributed by atoms with Crippen LogP contribution in [-0.2, 0) is 11.3 Å². The van der Waals surface area contributed by atoms with E-state index in [1.807, 2.05) is 0 Å². The van der Waals surface area contributed by atoms with Crippen LogP contribution in [-0.4, -0.2) is 78.9 Å². The van der Waals surface area contributed by atoms with Crippen LogP contribution in [0.25, 0.3) is 0 Å². The number of halogens is 1. The van der Waals surface area contributed by atoms with Gasteiger partial charge in [-0.15, -0.1) is 24.0 Å². The van der Waals surface area contributed by atoms with Crippen LogP contribution in [0.15, 0.2) is 35.3 Å². The zero-order valence-electron chi connectivity index (χ0n) is 19.6. The van der Waals surface area contributed by atoms with Gasteiger partial charge in [-0.25, -0.2) is 4.99 Å². The number of carbonyl (C=O) groups is 1. The maximum Gasteiger partial charge on any atom is 0.243 e. The molecule has 31 heavy (non-hydrogen) atoms. The highest BCUT2D eigenvalue weighted by Gasteiger charge is 2.36. The van der Waals surface area contributed by atoms with Crippen LogP contribution in [0, 0.1) is 5.92 Å². The second-order valence-corrected chi connectivity index (χ2v) is 9.04. The lowest BCUT2D eigenvalue weighted by atomic mass is 9.83. The summed E-state index contributed by atoms with van der Waals surface area (Å²) in [5.41, 5.74) is 1.41. The minimum absolute atomic E-state index is 0. The fraction of sp³-hybridized carbons (Fsp3) is 0.667. The molecule has 0 aromatic heterocycles. The number of amides is 1. The van der Waals surface area contributed by atoms with E-state index in [0.717, 1.165) is 38.4 Å². The SMILES string of the molecule is CCC(C)NC(=NCC(=O)N(C)C)N1CCC2C(CCCN2Cc2ccccc2)C1.I. The summed E-state index contributed by atoms with van der Waals surface area (Å²) < 4.78 is 0. The number of benzene rings is 1. The summed E-state index contributed by atoms with van der Waals surface area (Å²) in [7, 11) is 3.57. The van der Waals surface area contributed by atoms with E-state index in [-0.39, 0.29) is 36.4 Å². The molecule has 2 aliphatic heterocycles. The van der Waals surface area contributed by atoms with E-state index in [2.05, 4.69) is 59.3 Å². The molecule has 0 bridgehead atoms. The van der Waals surface area contributed by atoms with Crippen LogP contribution in [0.4, 0.5) is 0 Å². The van der Waals surface area contributed by atoms with Crippen LogP contribution in [0.5, 0.6) is 0 Å². The second kappa shape index (κ2) is 12.6. The molecule has 2 heterocycles. The second-order valence-electron chi connectivity index (χ2n) is 9.04. The standard InChI is InChI=1S/C24H39N5O.HI/c1-5-19(2)26-24(25-16-23(30)27(3)4)29-15-13-22-21(18-29)12-9-14-28(22)17-20-10-7-6-8-11-20;/h6-8,10-11,19,21-22H,5,9,12-18H2,1-4H3,(H,25,26);1H. The summed E-state index contributed by atoms with van der Waals surface area (Å²) in [6.45, 7) is 8.81. The van der Waals surface area contributed by atoms with Gasteiger partial charge in [-0.2, -0.15) is 0 Å². The van der Waals surface area contributed by atoms with Crippen molar-refractivity contribution in [2.24, 2.45) is 10.9 Å². The van der Waals surface area contributed by atoms with Crippen LogP contribution in [0.2, 0.25) is 0 Å². The Morgan fingerprint density at radius 2 is 1.97 bits per heavy atom. The Morgan fingerprint density at radius 3 is 2.65 bits per heavy atom. The summed E-state index contributed by atoms with van der Waals surface area (Å²) in [5, 5.41) is 3.57. The molecule has 174 valence electrons.